The Hall–Kier alpha value is -0.390. The maximum absolute atomic E-state index is 11.2. The van der Waals surface area contributed by atoms with Crippen LogP contribution in [0.5, 0.6) is 0 Å². The Labute approximate surface area is 107 Å². The van der Waals surface area contributed by atoms with E-state index in [1.807, 2.05) is 18.0 Å². The summed E-state index contributed by atoms with van der Waals surface area (Å²) in [5, 5.41) is 11.3. The molecule has 1 N–H and O–H groups in total. The van der Waals surface area contributed by atoms with Gasteiger partial charge in [-0.05, 0) is 58.7 Å². The van der Waals surface area contributed by atoms with E-state index >= 15 is 0 Å². The van der Waals surface area contributed by atoms with Crippen LogP contribution in [0.1, 0.15) is 18.4 Å². The van der Waals surface area contributed by atoms with Gasteiger partial charge in [-0.25, -0.2) is 0 Å². The lowest BCUT2D eigenvalue weighted by molar-refractivity contribution is -0.143. The maximum atomic E-state index is 11.2. The minimum atomic E-state index is -0.695. The first kappa shape index (κ1) is 12.1. The second-order valence-electron chi connectivity index (χ2n) is 4.29. The molecule has 1 saturated carbocycles. The molecule has 16 heavy (non-hydrogen) atoms. The molecule has 0 saturated heterocycles. The van der Waals surface area contributed by atoms with Gasteiger partial charge in [-0.2, -0.15) is 0 Å². The number of thiophene rings is 1. The molecule has 88 valence electrons. The smallest absolute Gasteiger partial charge is 0.321 e. The molecule has 1 aliphatic carbocycles. The summed E-state index contributed by atoms with van der Waals surface area (Å²) in [7, 11) is 1.89. The first-order valence-electron chi connectivity index (χ1n) is 5.24. The van der Waals surface area contributed by atoms with E-state index in [1.54, 1.807) is 11.3 Å². The van der Waals surface area contributed by atoms with Gasteiger partial charge in [0.25, 0.3) is 0 Å². The van der Waals surface area contributed by atoms with E-state index in [9.17, 15) is 9.90 Å². The highest BCUT2D eigenvalue weighted by atomic mass is 79.9. The summed E-state index contributed by atoms with van der Waals surface area (Å²) in [5.74, 6) is -0.344. The quantitative estimate of drug-likeness (QED) is 0.909. The fraction of sp³-hybridized carbons (Fsp3) is 0.545. The van der Waals surface area contributed by atoms with Crippen molar-refractivity contribution in [1.29, 1.82) is 0 Å². The molecule has 2 rings (SSSR count). The molecule has 1 atom stereocenters. The molecule has 0 spiro atoms. The van der Waals surface area contributed by atoms with Crippen molar-refractivity contribution in [2.45, 2.75) is 25.4 Å². The molecule has 1 fully saturated rings. The summed E-state index contributed by atoms with van der Waals surface area (Å²) in [6.07, 6.45) is 2.10. The van der Waals surface area contributed by atoms with Gasteiger partial charge in [-0.3, -0.25) is 9.69 Å². The van der Waals surface area contributed by atoms with Crippen LogP contribution < -0.4 is 0 Å². The highest BCUT2D eigenvalue weighted by molar-refractivity contribution is 9.11. The van der Waals surface area contributed by atoms with Crippen molar-refractivity contribution in [2.24, 2.45) is 5.92 Å². The Balaban J connectivity index is 2.00. The molecule has 1 heterocycles. The highest BCUT2D eigenvalue weighted by Gasteiger charge is 2.38. The first-order valence-corrected chi connectivity index (χ1v) is 6.91. The Morgan fingerprint density at radius 2 is 2.44 bits per heavy atom. The zero-order valence-electron chi connectivity index (χ0n) is 9.02. The number of hydrogen-bond donors (Lipinski definition) is 1. The van der Waals surface area contributed by atoms with Gasteiger partial charge in [0.05, 0.1) is 3.79 Å². The predicted octanol–water partition coefficient (Wildman–Crippen LogP) is 2.81. The summed E-state index contributed by atoms with van der Waals surface area (Å²) in [6.45, 7) is 0.704. The van der Waals surface area contributed by atoms with Gasteiger partial charge in [0, 0.05) is 6.54 Å². The molecule has 0 radical (unpaired) electrons. The van der Waals surface area contributed by atoms with E-state index in [1.165, 1.54) is 5.56 Å². The number of carbonyl (C=O) groups is 1. The van der Waals surface area contributed by atoms with Crippen molar-refractivity contribution in [3.05, 3.63) is 20.8 Å². The van der Waals surface area contributed by atoms with Gasteiger partial charge in [0.1, 0.15) is 6.04 Å². The molecule has 3 nitrogen and oxygen atoms in total. The summed E-state index contributed by atoms with van der Waals surface area (Å²) in [4.78, 5) is 13.1. The molecule has 0 bridgehead atoms. The maximum Gasteiger partial charge on any atom is 0.321 e. The van der Waals surface area contributed by atoms with Gasteiger partial charge < -0.3 is 5.11 Å². The van der Waals surface area contributed by atoms with E-state index in [2.05, 4.69) is 21.3 Å². The molecule has 0 aromatic carbocycles. The lowest BCUT2D eigenvalue weighted by atomic mass is 10.1. The topological polar surface area (TPSA) is 40.5 Å². The third kappa shape index (κ3) is 2.84. The van der Waals surface area contributed by atoms with Gasteiger partial charge >= 0.3 is 5.97 Å². The van der Waals surface area contributed by atoms with E-state index in [0.717, 1.165) is 16.6 Å². The fourth-order valence-electron chi connectivity index (χ4n) is 1.98. The van der Waals surface area contributed by atoms with Gasteiger partial charge in [-0.1, -0.05) is 0 Å². The van der Waals surface area contributed by atoms with Crippen LogP contribution in [-0.2, 0) is 11.3 Å². The number of aliphatic carboxylic acids is 1. The minimum Gasteiger partial charge on any atom is -0.480 e. The number of carboxylic acid groups (broad SMARTS) is 1. The van der Waals surface area contributed by atoms with Crippen molar-refractivity contribution in [1.82, 2.24) is 4.90 Å². The third-order valence-electron chi connectivity index (χ3n) is 2.85. The Morgan fingerprint density at radius 3 is 2.88 bits per heavy atom. The summed E-state index contributed by atoms with van der Waals surface area (Å²) < 4.78 is 1.09. The fourth-order valence-corrected chi connectivity index (χ4v) is 3.18. The normalized spacial score (nSPS) is 17.7. The van der Waals surface area contributed by atoms with Crippen LogP contribution in [0, 0.1) is 5.92 Å². The molecule has 1 aromatic heterocycles. The van der Waals surface area contributed by atoms with Crippen LogP contribution >= 0.6 is 27.3 Å². The number of hydrogen-bond acceptors (Lipinski definition) is 3. The van der Waals surface area contributed by atoms with Crippen LogP contribution in [-0.4, -0.2) is 29.1 Å². The van der Waals surface area contributed by atoms with E-state index < -0.39 is 5.97 Å². The monoisotopic (exact) mass is 303 g/mol. The standard InChI is InChI=1S/C11H14BrNO2S/c1-13(5-7-4-9(12)16-6-7)10(11(14)15)8-2-3-8/h4,6,8,10H,2-3,5H2,1H3,(H,14,15). The Kier molecular flexibility index (Phi) is 3.66. The largest absolute Gasteiger partial charge is 0.480 e. The average Bonchev–Trinajstić information content (AvgIpc) is 2.91. The predicted molar refractivity (Wildman–Crippen MR) is 67.6 cm³/mol. The van der Waals surface area contributed by atoms with Crippen LogP contribution in [0.2, 0.25) is 0 Å². The number of carboxylic acids is 1. The summed E-state index contributed by atoms with van der Waals surface area (Å²) >= 11 is 5.05. The molecule has 1 unspecified atom stereocenters. The van der Waals surface area contributed by atoms with Crippen molar-refractivity contribution in [3.63, 3.8) is 0 Å². The van der Waals surface area contributed by atoms with Crippen molar-refractivity contribution < 1.29 is 9.90 Å². The van der Waals surface area contributed by atoms with Gasteiger partial charge in [0.15, 0.2) is 0 Å². The molecule has 0 amide bonds. The third-order valence-corrected chi connectivity index (χ3v) is 4.40. The van der Waals surface area contributed by atoms with Crippen molar-refractivity contribution in [2.75, 3.05) is 7.05 Å². The molecule has 1 aromatic rings. The number of likely N-dealkylation sites (N-methyl/N-ethyl adjacent to an activating group) is 1. The van der Waals surface area contributed by atoms with E-state index in [0.29, 0.717) is 12.5 Å². The second-order valence-corrected chi connectivity index (χ2v) is 6.59. The molecule has 1 aliphatic rings. The lowest BCUT2D eigenvalue weighted by Gasteiger charge is -2.23. The van der Waals surface area contributed by atoms with Gasteiger partial charge in [-0.15, -0.1) is 11.3 Å². The average molecular weight is 304 g/mol. The van der Waals surface area contributed by atoms with Gasteiger partial charge in [0.2, 0.25) is 0 Å². The molecular weight excluding hydrogens is 290 g/mol. The van der Waals surface area contributed by atoms with E-state index in [-0.39, 0.29) is 6.04 Å². The van der Waals surface area contributed by atoms with Crippen LogP contribution in [0.4, 0.5) is 0 Å². The zero-order valence-corrected chi connectivity index (χ0v) is 11.4. The lowest BCUT2D eigenvalue weighted by Crippen LogP contribution is -2.39. The Bertz CT molecular complexity index is 389. The molecular formula is C11H14BrNO2S. The zero-order chi connectivity index (χ0) is 11.7. The summed E-state index contributed by atoms with van der Waals surface area (Å²) in [5.41, 5.74) is 1.17. The van der Waals surface area contributed by atoms with Crippen LogP contribution in [0.15, 0.2) is 15.2 Å². The first-order chi connectivity index (χ1) is 7.58. The minimum absolute atomic E-state index is 0.321. The SMILES string of the molecule is CN(Cc1csc(Br)c1)C(C(=O)O)C1CC1. The van der Waals surface area contributed by atoms with E-state index in [4.69, 9.17) is 0 Å². The molecule has 0 aliphatic heterocycles. The van der Waals surface area contributed by atoms with Crippen molar-refractivity contribution in [3.8, 4) is 0 Å². The highest BCUT2D eigenvalue weighted by Crippen LogP contribution is 2.35. The van der Waals surface area contributed by atoms with Crippen LogP contribution in [0.3, 0.4) is 0 Å². The second kappa shape index (κ2) is 4.85. The van der Waals surface area contributed by atoms with Crippen LogP contribution in [0.25, 0.3) is 0 Å². The molecule has 5 heteroatoms. The number of rotatable bonds is 5. The van der Waals surface area contributed by atoms with Crippen molar-refractivity contribution >= 4 is 33.2 Å². The number of halogens is 1. The summed E-state index contributed by atoms with van der Waals surface area (Å²) in [6, 6.07) is 1.73. The number of nitrogens with zero attached hydrogens (tertiary/aromatic N) is 1. The Morgan fingerprint density at radius 1 is 1.75 bits per heavy atom.